The van der Waals surface area contributed by atoms with Crippen LogP contribution in [0.25, 0.3) is 11.0 Å². The Morgan fingerprint density at radius 2 is 1.97 bits per heavy atom. The molecule has 0 amide bonds. The number of phenols is 1. The van der Waals surface area contributed by atoms with Crippen LogP contribution in [0.4, 0.5) is 0 Å². The van der Waals surface area contributed by atoms with Crippen molar-refractivity contribution in [2.45, 2.75) is 52.1 Å². The van der Waals surface area contributed by atoms with Gasteiger partial charge in [-0.25, -0.2) is 4.79 Å². The monoisotopic (exact) mass is 451 g/mol. The second-order valence-corrected chi connectivity index (χ2v) is 8.45. The molecule has 0 unspecified atom stereocenters. The van der Waals surface area contributed by atoms with Crippen molar-refractivity contribution < 1.29 is 23.8 Å². The quantitative estimate of drug-likeness (QED) is 0.492. The second-order valence-electron chi connectivity index (χ2n) is 8.45. The molecule has 2 heterocycles. The minimum atomic E-state index is -0.399. The maximum absolute atomic E-state index is 13.1. The molecule has 1 N–H and O–H groups in total. The summed E-state index contributed by atoms with van der Waals surface area (Å²) in [4.78, 5) is 27.3. The molecule has 0 radical (unpaired) electrons. The molecule has 1 aromatic heterocycles. The Labute approximate surface area is 192 Å². The summed E-state index contributed by atoms with van der Waals surface area (Å²) in [5, 5.41) is 10.8. The number of hydrogen-bond acceptors (Lipinski definition) is 7. The average molecular weight is 452 g/mol. The summed E-state index contributed by atoms with van der Waals surface area (Å²) in [7, 11) is 0. The van der Waals surface area contributed by atoms with Crippen LogP contribution >= 0.6 is 0 Å². The number of likely N-dealkylation sites (tertiary alicyclic amines) is 1. The molecule has 3 aromatic rings. The van der Waals surface area contributed by atoms with Gasteiger partial charge in [-0.3, -0.25) is 9.69 Å². The van der Waals surface area contributed by atoms with Gasteiger partial charge in [0.2, 0.25) is 11.2 Å². The van der Waals surface area contributed by atoms with E-state index in [1.807, 2.05) is 6.92 Å². The summed E-state index contributed by atoms with van der Waals surface area (Å²) in [6.07, 6.45) is 5.46. The first-order chi connectivity index (χ1) is 16.0. The van der Waals surface area contributed by atoms with Crippen molar-refractivity contribution in [3.63, 3.8) is 0 Å². The fraction of sp³-hybridized carbons (Fsp3) is 0.385. The van der Waals surface area contributed by atoms with E-state index in [9.17, 15) is 14.7 Å². The first kappa shape index (κ1) is 22.9. The summed E-state index contributed by atoms with van der Waals surface area (Å²) in [6.45, 7) is 5.94. The van der Waals surface area contributed by atoms with Gasteiger partial charge in [0.05, 0.1) is 23.1 Å². The molecule has 4 rings (SSSR count). The Bertz CT molecular complexity index is 1180. The van der Waals surface area contributed by atoms with Gasteiger partial charge >= 0.3 is 5.97 Å². The maximum atomic E-state index is 13.1. The lowest BCUT2D eigenvalue weighted by Gasteiger charge is -2.33. The third-order valence-electron chi connectivity index (χ3n) is 6.04. The van der Waals surface area contributed by atoms with E-state index in [0.29, 0.717) is 47.0 Å². The molecule has 0 spiro atoms. The van der Waals surface area contributed by atoms with Gasteiger partial charge in [-0.15, -0.1) is 0 Å². The zero-order valence-corrected chi connectivity index (χ0v) is 19.0. The fourth-order valence-corrected chi connectivity index (χ4v) is 4.11. The number of piperidine rings is 1. The molecule has 1 fully saturated rings. The van der Waals surface area contributed by atoms with Gasteiger partial charge in [-0.2, -0.15) is 0 Å². The van der Waals surface area contributed by atoms with E-state index in [1.165, 1.54) is 18.8 Å². The number of benzene rings is 2. The molecule has 0 aliphatic carbocycles. The predicted molar refractivity (Wildman–Crippen MR) is 125 cm³/mol. The number of carbonyl (C=O) groups is 1. The topological polar surface area (TPSA) is 89.2 Å². The van der Waals surface area contributed by atoms with E-state index in [4.69, 9.17) is 13.9 Å². The molecule has 7 nitrogen and oxygen atoms in total. The van der Waals surface area contributed by atoms with Crippen LogP contribution in [-0.4, -0.2) is 35.2 Å². The van der Waals surface area contributed by atoms with Gasteiger partial charge in [0.1, 0.15) is 23.3 Å². The van der Waals surface area contributed by atoms with Crippen molar-refractivity contribution in [2.75, 3.05) is 13.2 Å². The normalized spacial score (nSPS) is 16.6. The van der Waals surface area contributed by atoms with Crippen molar-refractivity contribution >= 4 is 16.9 Å². The number of rotatable bonds is 7. The SMILES string of the molecule is CCCOC(=O)c1ccc(Oc2coc3c(CN4CCCC[C@H]4C)c(O)ccc3c2=O)cc1. The lowest BCUT2D eigenvalue weighted by Crippen LogP contribution is -2.36. The van der Waals surface area contributed by atoms with E-state index >= 15 is 0 Å². The molecule has 2 aromatic carbocycles. The van der Waals surface area contributed by atoms with E-state index in [-0.39, 0.29) is 16.9 Å². The highest BCUT2D eigenvalue weighted by molar-refractivity contribution is 5.89. The number of ether oxygens (including phenoxy) is 2. The van der Waals surface area contributed by atoms with Gasteiger partial charge < -0.3 is 19.0 Å². The van der Waals surface area contributed by atoms with Gasteiger partial charge in [-0.05, 0) is 69.1 Å². The molecule has 0 saturated carbocycles. The first-order valence-electron chi connectivity index (χ1n) is 11.4. The van der Waals surface area contributed by atoms with Crippen LogP contribution in [0.15, 0.2) is 51.9 Å². The summed E-state index contributed by atoms with van der Waals surface area (Å²) >= 11 is 0. The Balaban J connectivity index is 1.58. The summed E-state index contributed by atoms with van der Waals surface area (Å²) in [5.41, 5.74) is 1.07. The van der Waals surface area contributed by atoms with Crippen LogP contribution < -0.4 is 10.2 Å². The fourth-order valence-electron chi connectivity index (χ4n) is 4.11. The summed E-state index contributed by atoms with van der Waals surface area (Å²) in [6, 6.07) is 9.88. The number of nitrogens with zero attached hydrogens (tertiary/aromatic N) is 1. The molecular formula is C26H29NO6. The van der Waals surface area contributed by atoms with Crippen LogP contribution in [-0.2, 0) is 11.3 Å². The number of phenolic OH excluding ortho intramolecular Hbond substituents is 1. The first-order valence-corrected chi connectivity index (χ1v) is 11.4. The number of hydrogen-bond donors (Lipinski definition) is 1. The Morgan fingerprint density at radius 3 is 2.70 bits per heavy atom. The smallest absolute Gasteiger partial charge is 0.338 e. The molecule has 1 atom stereocenters. The van der Waals surface area contributed by atoms with E-state index in [0.717, 1.165) is 25.8 Å². The van der Waals surface area contributed by atoms with E-state index < -0.39 is 5.97 Å². The molecule has 1 aliphatic heterocycles. The van der Waals surface area contributed by atoms with Crippen molar-refractivity contribution in [2.24, 2.45) is 0 Å². The highest BCUT2D eigenvalue weighted by Crippen LogP contribution is 2.31. The lowest BCUT2D eigenvalue weighted by atomic mass is 10.0. The molecule has 0 bridgehead atoms. The van der Waals surface area contributed by atoms with Gasteiger partial charge in [0.15, 0.2) is 0 Å². The largest absolute Gasteiger partial charge is 0.507 e. The number of fused-ring (bicyclic) bond motifs is 1. The zero-order valence-electron chi connectivity index (χ0n) is 19.0. The van der Waals surface area contributed by atoms with Crippen molar-refractivity contribution in [1.29, 1.82) is 0 Å². The lowest BCUT2D eigenvalue weighted by molar-refractivity contribution is 0.0505. The van der Waals surface area contributed by atoms with Crippen LogP contribution in [0, 0.1) is 0 Å². The molecular weight excluding hydrogens is 422 g/mol. The van der Waals surface area contributed by atoms with Crippen molar-refractivity contribution in [3.8, 4) is 17.2 Å². The maximum Gasteiger partial charge on any atom is 0.338 e. The van der Waals surface area contributed by atoms with Crippen LogP contribution in [0.3, 0.4) is 0 Å². The van der Waals surface area contributed by atoms with E-state index in [2.05, 4.69) is 11.8 Å². The number of carbonyl (C=O) groups excluding carboxylic acids is 1. The highest BCUT2D eigenvalue weighted by Gasteiger charge is 2.22. The highest BCUT2D eigenvalue weighted by atomic mass is 16.5. The van der Waals surface area contributed by atoms with Gasteiger partial charge in [-0.1, -0.05) is 13.3 Å². The molecule has 174 valence electrons. The third kappa shape index (κ3) is 5.03. The molecule has 33 heavy (non-hydrogen) atoms. The standard InChI is InChI=1S/C26H29NO6/c1-3-14-31-26(30)18-7-9-19(10-8-18)33-23-16-32-25-20(24(23)29)11-12-22(28)21(25)15-27-13-5-4-6-17(27)2/h7-12,16-17,28H,3-6,13-15H2,1-2H3/t17-/m1/s1. The predicted octanol–water partition coefficient (Wildman–Crippen LogP) is 5.23. The Kier molecular flexibility index (Phi) is 6.99. The van der Waals surface area contributed by atoms with Crippen LogP contribution in [0.2, 0.25) is 0 Å². The summed E-state index contributed by atoms with van der Waals surface area (Å²) < 4.78 is 16.7. The molecule has 1 aliphatic rings. The zero-order chi connectivity index (χ0) is 23.4. The average Bonchev–Trinajstić information content (AvgIpc) is 2.82. The van der Waals surface area contributed by atoms with Crippen LogP contribution in [0.1, 0.15) is 55.5 Å². The van der Waals surface area contributed by atoms with Crippen molar-refractivity contribution in [3.05, 3.63) is 64.0 Å². The van der Waals surface area contributed by atoms with E-state index in [1.54, 1.807) is 30.3 Å². The third-order valence-corrected chi connectivity index (χ3v) is 6.04. The number of esters is 1. The molecule has 1 saturated heterocycles. The van der Waals surface area contributed by atoms with Crippen LogP contribution in [0.5, 0.6) is 17.2 Å². The minimum absolute atomic E-state index is 0.0341. The van der Waals surface area contributed by atoms with Gasteiger partial charge in [0.25, 0.3) is 0 Å². The van der Waals surface area contributed by atoms with Crippen molar-refractivity contribution in [1.82, 2.24) is 4.90 Å². The second kappa shape index (κ2) is 10.1. The minimum Gasteiger partial charge on any atom is -0.507 e. The number of aromatic hydroxyl groups is 1. The Morgan fingerprint density at radius 1 is 1.18 bits per heavy atom. The molecule has 7 heteroatoms. The summed E-state index contributed by atoms with van der Waals surface area (Å²) in [5.74, 6) is 0.147. The van der Waals surface area contributed by atoms with Gasteiger partial charge in [0, 0.05) is 12.6 Å². The Hall–Kier alpha value is -3.32.